The van der Waals surface area contributed by atoms with Crippen molar-refractivity contribution in [3.8, 4) is 0 Å². The Morgan fingerprint density at radius 3 is 1.56 bits per heavy atom. The third-order valence-electron chi connectivity index (χ3n) is 0.382. The fourth-order valence-electron chi connectivity index (χ4n) is 0.0676. The summed E-state index contributed by atoms with van der Waals surface area (Å²) in [5.41, 5.74) is 0. The van der Waals surface area contributed by atoms with Gasteiger partial charge in [0.1, 0.15) is 0 Å². The van der Waals surface area contributed by atoms with Crippen LogP contribution in [0.5, 0.6) is 0 Å². The Kier molecular flexibility index (Phi) is 19.2. The van der Waals surface area contributed by atoms with E-state index >= 15 is 0 Å². The summed E-state index contributed by atoms with van der Waals surface area (Å²) in [5, 5.41) is -0.727. The zero-order valence-corrected chi connectivity index (χ0v) is 5.21. The van der Waals surface area contributed by atoms with E-state index in [1.54, 1.807) is 0 Å². The van der Waals surface area contributed by atoms with E-state index in [-0.39, 0.29) is 64.9 Å². The summed E-state index contributed by atoms with van der Waals surface area (Å²) in [6, 6.07) is 0. The Bertz CT molecular complexity index is 106. The van der Waals surface area contributed by atoms with Crippen LogP contribution in [-0.4, -0.2) is 75.8 Å². The molecule has 0 bridgehead atoms. The summed E-state index contributed by atoms with van der Waals surface area (Å²) >= 11 is 6.77. The molecule has 9 heavy (non-hydrogen) atoms. The second kappa shape index (κ2) is 10.0. The van der Waals surface area contributed by atoms with Gasteiger partial charge in [-0.2, -0.15) is 12.6 Å². The third kappa shape index (κ3) is 10.0. The molecule has 0 saturated heterocycles. The van der Waals surface area contributed by atoms with Crippen LogP contribution in [0.15, 0.2) is 0 Å². The molecule has 0 amide bonds. The van der Waals surface area contributed by atoms with Crippen molar-refractivity contribution in [3.05, 3.63) is 0 Å². The van der Waals surface area contributed by atoms with Gasteiger partial charge in [-0.15, -0.1) is 0 Å². The van der Waals surface area contributed by atoms with Crippen LogP contribution in [0, 0.1) is 0 Å². The molecule has 44 valence electrons. The number of thiol groups is 2. The zero-order chi connectivity index (χ0) is 5.86. The second-order valence-corrected chi connectivity index (χ2v) is 1.61. The van der Waals surface area contributed by atoms with Crippen molar-refractivity contribution < 1.29 is 9.59 Å². The Morgan fingerprint density at radius 1 is 1.22 bits per heavy atom. The van der Waals surface area contributed by atoms with Gasteiger partial charge in [-0.1, -0.05) is 12.6 Å². The number of hydrogen-bond acceptors (Lipinski definition) is 3. The molecule has 0 aliphatic carbocycles. The van der Waals surface area contributed by atoms with Crippen molar-refractivity contribution in [2.45, 2.75) is 0 Å². The monoisotopic (exact) mass is 184 g/mol. The van der Waals surface area contributed by atoms with Gasteiger partial charge < -0.3 is 0 Å². The van der Waals surface area contributed by atoms with Crippen molar-refractivity contribution in [2.75, 3.05) is 5.75 Å². The molecule has 0 aliphatic heterocycles. The SMILES string of the molecule is O=C(S)C(=O)CS.[NaH].[NaH]. The molecule has 0 unspecified atom stereocenters. The average Bonchev–Trinajstić information content (AvgIpc) is 1.65. The third-order valence-corrected chi connectivity index (χ3v) is 0.919. The summed E-state index contributed by atoms with van der Waals surface area (Å²) in [4.78, 5) is 19.8. The molecule has 0 aromatic rings. The predicted octanol–water partition coefficient (Wildman–Crippen LogP) is -1.36. The minimum atomic E-state index is -0.727. The molecule has 0 saturated carbocycles. The van der Waals surface area contributed by atoms with Crippen LogP contribution in [0.4, 0.5) is 0 Å². The van der Waals surface area contributed by atoms with Gasteiger partial charge in [-0.05, 0) is 0 Å². The van der Waals surface area contributed by atoms with E-state index < -0.39 is 10.9 Å². The van der Waals surface area contributed by atoms with Gasteiger partial charge in [0.05, 0.1) is 5.75 Å². The molecule has 0 aromatic carbocycles. The first-order valence-corrected chi connectivity index (χ1v) is 2.63. The maximum absolute atomic E-state index is 10.0. The van der Waals surface area contributed by atoms with Gasteiger partial charge in [-0.25, -0.2) is 0 Å². The van der Waals surface area contributed by atoms with Gasteiger partial charge in [0, 0.05) is 0 Å². The number of rotatable bonds is 2. The van der Waals surface area contributed by atoms with Gasteiger partial charge in [0.2, 0.25) is 5.78 Å². The number of ketones is 1. The summed E-state index contributed by atoms with van der Waals surface area (Å²) in [6.45, 7) is 0. The van der Waals surface area contributed by atoms with Gasteiger partial charge >= 0.3 is 59.1 Å². The first-order chi connectivity index (χ1) is 3.18. The number of carbonyl (C=O) groups is 2. The van der Waals surface area contributed by atoms with Gasteiger partial charge in [-0.3, -0.25) is 9.59 Å². The van der Waals surface area contributed by atoms with Crippen molar-refractivity contribution in [1.29, 1.82) is 0 Å². The van der Waals surface area contributed by atoms with E-state index in [1.807, 2.05) is 0 Å². The van der Waals surface area contributed by atoms with Crippen LogP contribution in [-0.2, 0) is 9.59 Å². The van der Waals surface area contributed by atoms with Crippen LogP contribution in [0.3, 0.4) is 0 Å². The molecular formula is C3H6Na2O2S2. The van der Waals surface area contributed by atoms with Crippen molar-refractivity contribution in [1.82, 2.24) is 0 Å². The van der Waals surface area contributed by atoms with Gasteiger partial charge in [0.25, 0.3) is 5.12 Å². The molecule has 2 nitrogen and oxygen atoms in total. The van der Waals surface area contributed by atoms with E-state index in [1.165, 1.54) is 0 Å². The Labute approximate surface area is 109 Å². The normalized spacial score (nSPS) is 6.44. The molecule has 0 aliphatic rings. The zero-order valence-electron chi connectivity index (χ0n) is 3.42. The van der Waals surface area contributed by atoms with Crippen molar-refractivity contribution >= 4 is 95.3 Å². The molecule has 0 N–H and O–H groups in total. The summed E-state index contributed by atoms with van der Waals surface area (Å²) in [7, 11) is 0. The van der Waals surface area contributed by atoms with Crippen LogP contribution in [0.2, 0.25) is 0 Å². The Balaban J connectivity index is -0.000000180. The summed E-state index contributed by atoms with van der Waals surface area (Å²) in [6.07, 6.45) is 0. The molecule has 0 fully saturated rings. The fraction of sp³-hybridized carbons (Fsp3) is 0.333. The van der Waals surface area contributed by atoms with Crippen LogP contribution < -0.4 is 0 Å². The molecule has 0 spiro atoms. The first kappa shape index (κ1) is 17.2. The number of Topliss-reactive ketones (excluding diaryl/α,β-unsaturated/α-hetero) is 1. The predicted molar refractivity (Wildman–Crippen MR) is 47.2 cm³/mol. The number of carbonyl (C=O) groups excluding carboxylic acids is 2. The standard InChI is InChI=1S/C3H4O2S2.2Na.2H/c4-2(1-6)3(5)7;;;;/h6H,1H2,(H,5,7);;;;. The van der Waals surface area contributed by atoms with E-state index in [0.717, 1.165) is 0 Å². The molecular weight excluding hydrogens is 178 g/mol. The molecule has 0 radical (unpaired) electrons. The molecule has 0 aromatic heterocycles. The minimum absolute atomic E-state index is 0. The first-order valence-electron chi connectivity index (χ1n) is 1.55. The Hall–Kier alpha value is 2.04. The maximum atomic E-state index is 10.0. The van der Waals surface area contributed by atoms with E-state index in [4.69, 9.17) is 0 Å². The molecule has 0 atom stereocenters. The average molecular weight is 184 g/mol. The van der Waals surface area contributed by atoms with Gasteiger partial charge in [0.15, 0.2) is 0 Å². The molecule has 0 rings (SSSR count). The van der Waals surface area contributed by atoms with Crippen LogP contribution >= 0.6 is 25.3 Å². The van der Waals surface area contributed by atoms with Crippen LogP contribution in [0.1, 0.15) is 0 Å². The quantitative estimate of drug-likeness (QED) is 0.316. The molecule has 0 heterocycles. The molecule has 6 heteroatoms. The Morgan fingerprint density at radius 2 is 1.56 bits per heavy atom. The summed E-state index contributed by atoms with van der Waals surface area (Å²) < 4.78 is 0. The summed E-state index contributed by atoms with van der Waals surface area (Å²) in [5.74, 6) is -0.617. The number of hydrogen-bond donors (Lipinski definition) is 2. The van der Waals surface area contributed by atoms with E-state index in [0.29, 0.717) is 0 Å². The second-order valence-electron chi connectivity index (χ2n) is 0.886. The van der Waals surface area contributed by atoms with E-state index in [2.05, 4.69) is 25.3 Å². The van der Waals surface area contributed by atoms with Crippen molar-refractivity contribution in [2.24, 2.45) is 0 Å². The van der Waals surface area contributed by atoms with E-state index in [9.17, 15) is 9.59 Å². The topological polar surface area (TPSA) is 34.1 Å². The van der Waals surface area contributed by atoms with Crippen LogP contribution in [0.25, 0.3) is 0 Å². The van der Waals surface area contributed by atoms with Crippen molar-refractivity contribution in [3.63, 3.8) is 0 Å². The fourth-order valence-corrected chi connectivity index (χ4v) is 0.415.